The van der Waals surface area contributed by atoms with E-state index in [-0.39, 0.29) is 11.3 Å². The van der Waals surface area contributed by atoms with Crippen LogP contribution in [-0.4, -0.2) is 35.5 Å². The Kier molecular flexibility index (Phi) is 3.68. The average Bonchev–Trinajstić information content (AvgIpc) is 2.38. The summed E-state index contributed by atoms with van der Waals surface area (Å²) in [6.45, 7) is 4.92. The third kappa shape index (κ3) is 3.23. The molecule has 1 atom stereocenters. The third-order valence-corrected chi connectivity index (χ3v) is 3.18. The molecule has 0 aliphatic carbocycles. The van der Waals surface area contributed by atoms with Crippen LogP contribution in [0.1, 0.15) is 30.1 Å². The van der Waals surface area contributed by atoms with Gasteiger partial charge in [0.2, 0.25) is 0 Å². The summed E-state index contributed by atoms with van der Waals surface area (Å²) in [6.07, 6.45) is 6.79. The van der Waals surface area contributed by atoms with Crippen molar-refractivity contribution < 1.29 is 4.79 Å². The van der Waals surface area contributed by atoms with E-state index in [0.29, 0.717) is 12.1 Å². The molecule has 0 aromatic carbocycles. The second kappa shape index (κ2) is 5.23. The average molecular weight is 234 g/mol. The molecule has 2 N–H and O–H groups in total. The largest absolute Gasteiger partial charge is 0.351 e. The Labute approximate surface area is 101 Å². The molecule has 0 radical (unpaired) electrons. The van der Waals surface area contributed by atoms with Gasteiger partial charge in [0.1, 0.15) is 6.33 Å². The molecular formula is C12H18N4O. The molecule has 92 valence electrons. The SMILES string of the molecule is CC1(CNC(=O)c2cncnc2)CCCNC1. The van der Waals surface area contributed by atoms with Crippen molar-refractivity contribution in [3.05, 3.63) is 24.3 Å². The maximum atomic E-state index is 11.8. The lowest BCUT2D eigenvalue weighted by Gasteiger charge is -2.34. The second-order valence-corrected chi connectivity index (χ2v) is 4.90. The maximum absolute atomic E-state index is 11.8. The first-order valence-corrected chi connectivity index (χ1v) is 5.94. The maximum Gasteiger partial charge on any atom is 0.254 e. The molecule has 5 heteroatoms. The molecule has 2 rings (SSSR count). The third-order valence-electron chi connectivity index (χ3n) is 3.18. The molecular weight excluding hydrogens is 216 g/mol. The molecule has 1 unspecified atom stereocenters. The topological polar surface area (TPSA) is 66.9 Å². The predicted molar refractivity (Wildman–Crippen MR) is 64.6 cm³/mol. The van der Waals surface area contributed by atoms with Gasteiger partial charge >= 0.3 is 0 Å². The number of amides is 1. The smallest absolute Gasteiger partial charge is 0.254 e. The molecule has 1 aromatic heterocycles. The minimum absolute atomic E-state index is 0.0996. The first kappa shape index (κ1) is 12.0. The molecule has 1 aliphatic heterocycles. The van der Waals surface area contributed by atoms with Crippen LogP contribution < -0.4 is 10.6 Å². The zero-order chi connectivity index (χ0) is 12.1. The van der Waals surface area contributed by atoms with Gasteiger partial charge in [-0.2, -0.15) is 0 Å². The van der Waals surface area contributed by atoms with Crippen molar-refractivity contribution in [1.82, 2.24) is 20.6 Å². The Morgan fingerprint density at radius 2 is 2.29 bits per heavy atom. The molecule has 5 nitrogen and oxygen atoms in total. The van der Waals surface area contributed by atoms with Crippen molar-refractivity contribution in [3.8, 4) is 0 Å². The highest BCUT2D eigenvalue weighted by Gasteiger charge is 2.27. The standard InChI is InChI=1S/C12H18N4O/c1-12(3-2-4-13-7-12)8-16-11(17)10-5-14-9-15-6-10/h5-6,9,13H,2-4,7-8H2,1H3,(H,16,17). The zero-order valence-electron chi connectivity index (χ0n) is 10.1. The lowest BCUT2D eigenvalue weighted by atomic mass is 9.83. The fourth-order valence-corrected chi connectivity index (χ4v) is 2.08. The van der Waals surface area contributed by atoms with Gasteiger partial charge < -0.3 is 10.6 Å². The quantitative estimate of drug-likeness (QED) is 0.803. The van der Waals surface area contributed by atoms with Gasteiger partial charge in [-0.3, -0.25) is 4.79 Å². The Hall–Kier alpha value is -1.49. The zero-order valence-corrected chi connectivity index (χ0v) is 10.1. The van der Waals surface area contributed by atoms with Gasteiger partial charge in [0.25, 0.3) is 5.91 Å². The highest BCUT2D eigenvalue weighted by atomic mass is 16.1. The van der Waals surface area contributed by atoms with Crippen molar-refractivity contribution in [3.63, 3.8) is 0 Å². The van der Waals surface area contributed by atoms with E-state index in [4.69, 9.17) is 0 Å². The molecule has 1 aromatic rings. The molecule has 1 saturated heterocycles. The highest BCUT2D eigenvalue weighted by molar-refractivity contribution is 5.93. The van der Waals surface area contributed by atoms with E-state index in [1.807, 2.05) is 0 Å². The van der Waals surface area contributed by atoms with Crippen LogP contribution in [0.5, 0.6) is 0 Å². The number of carbonyl (C=O) groups is 1. The van der Waals surface area contributed by atoms with Crippen molar-refractivity contribution in [1.29, 1.82) is 0 Å². The van der Waals surface area contributed by atoms with E-state index in [2.05, 4.69) is 27.5 Å². The molecule has 0 spiro atoms. The summed E-state index contributed by atoms with van der Waals surface area (Å²) in [5.41, 5.74) is 0.670. The number of nitrogens with zero attached hydrogens (tertiary/aromatic N) is 2. The van der Waals surface area contributed by atoms with Crippen LogP contribution in [0, 0.1) is 5.41 Å². The van der Waals surface area contributed by atoms with Crippen LogP contribution >= 0.6 is 0 Å². The Morgan fingerprint density at radius 1 is 1.53 bits per heavy atom. The Morgan fingerprint density at radius 3 is 2.94 bits per heavy atom. The summed E-state index contributed by atoms with van der Waals surface area (Å²) in [5.74, 6) is -0.0996. The molecule has 1 amide bonds. The molecule has 0 saturated carbocycles. The first-order valence-electron chi connectivity index (χ1n) is 5.94. The normalized spacial score (nSPS) is 24.3. The van der Waals surface area contributed by atoms with Crippen LogP contribution in [0.3, 0.4) is 0 Å². The fraction of sp³-hybridized carbons (Fsp3) is 0.583. The molecule has 2 heterocycles. The number of hydrogen-bond donors (Lipinski definition) is 2. The number of carbonyl (C=O) groups excluding carboxylic acids is 1. The van der Waals surface area contributed by atoms with Crippen LogP contribution in [0.25, 0.3) is 0 Å². The number of hydrogen-bond acceptors (Lipinski definition) is 4. The van der Waals surface area contributed by atoms with E-state index in [1.54, 1.807) is 0 Å². The molecule has 1 aliphatic rings. The molecule has 0 bridgehead atoms. The summed E-state index contributed by atoms with van der Waals surface area (Å²) in [5, 5.41) is 6.31. The van der Waals surface area contributed by atoms with E-state index in [9.17, 15) is 4.79 Å². The Balaban J connectivity index is 1.87. The summed E-state index contributed by atoms with van der Waals surface area (Å²) in [7, 11) is 0. The lowest BCUT2D eigenvalue weighted by Crippen LogP contribution is -2.45. The van der Waals surface area contributed by atoms with Gasteiger partial charge in [-0.25, -0.2) is 9.97 Å². The van der Waals surface area contributed by atoms with E-state index >= 15 is 0 Å². The van der Waals surface area contributed by atoms with Crippen molar-refractivity contribution >= 4 is 5.91 Å². The van der Waals surface area contributed by atoms with Crippen LogP contribution in [0.4, 0.5) is 0 Å². The van der Waals surface area contributed by atoms with Gasteiger partial charge in [-0.05, 0) is 24.8 Å². The van der Waals surface area contributed by atoms with Crippen molar-refractivity contribution in [2.45, 2.75) is 19.8 Å². The number of piperidine rings is 1. The predicted octanol–water partition coefficient (Wildman–Crippen LogP) is 0.596. The minimum Gasteiger partial charge on any atom is -0.351 e. The summed E-state index contributed by atoms with van der Waals surface area (Å²) in [4.78, 5) is 19.5. The lowest BCUT2D eigenvalue weighted by molar-refractivity contribution is 0.0924. The minimum atomic E-state index is -0.0996. The number of nitrogens with one attached hydrogen (secondary N) is 2. The summed E-state index contributed by atoms with van der Waals surface area (Å²) < 4.78 is 0. The highest BCUT2D eigenvalue weighted by Crippen LogP contribution is 2.24. The number of rotatable bonds is 3. The Bertz CT molecular complexity index is 373. The van der Waals surface area contributed by atoms with E-state index in [0.717, 1.165) is 19.5 Å². The van der Waals surface area contributed by atoms with Gasteiger partial charge in [-0.1, -0.05) is 6.92 Å². The summed E-state index contributed by atoms with van der Waals surface area (Å²) >= 11 is 0. The van der Waals surface area contributed by atoms with E-state index < -0.39 is 0 Å². The van der Waals surface area contributed by atoms with Gasteiger partial charge in [-0.15, -0.1) is 0 Å². The fourth-order valence-electron chi connectivity index (χ4n) is 2.08. The first-order chi connectivity index (χ1) is 8.20. The van der Waals surface area contributed by atoms with Crippen LogP contribution in [0.15, 0.2) is 18.7 Å². The van der Waals surface area contributed by atoms with Crippen molar-refractivity contribution in [2.24, 2.45) is 5.41 Å². The summed E-state index contributed by atoms with van der Waals surface area (Å²) in [6, 6.07) is 0. The van der Waals surface area contributed by atoms with E-state index in [1.165, 1.54) is 25.1 Å². The van der Waals surface area contributed by atoms with Crippen LogP contribution in [0.2, 0.25) is 0 Å². The molecule has 1 fully saturated rings. The molecule has 17 heavy (non-hydrogen) atoms. The number of aromatic nitrogens is 2. The van der Waals surface area contributed by atoms with Crippen LogP contribution in [-0.2, 0) is 0 Å². The van der Waals surface area contributed by atoms with Gasteiger partial charge in [0.05, 0.1) is 5.56 Å². The van der Waals surface area contributed by atoms with Gasteiger partial charge in [0, 0.05) is 25.5 Å². The van der Waals surface area contributed by atoms with Crippen molar-refractivity contribution in [2.75, 3.05) is 19.6 Å². The van der Waals surface area contributed by atoms with Gasteiger partial charge in [0.15, 0.2) is 0 Å². The second-order valence-electron chi connectivity index (χ2n) is 4.90. The monoisotopic (exact) mass is 234 g/mol.